The van der Waals surface area contributed by atoms with Crippen molar-refractivity contribution in [2.24, 2.45) is 5.92 Å². The molecule has 0 bridgehead atoms. The molecule has 1 atom stereocenters. The Morgan fingerprint density at radius 2 is 1.81 bits per heavy atom. The van der Waals surface area contributed by atoms with E-state index in [4.69, 9.17) is 16.3 Å². The van der Waals surface area contributed by atoms with E-state index >= 15 is 0 Å². The van der Waals surface area contributed by atoms with Gasteiger partial charge in [0.15, 0.2) is 0 Å². The number of hydrogen-bond donors (Lipinski definition) is 1. The number of ether oxygens (including phenoxy) is 1. The molecule has 1 amide bonds. The van der Waals surface area contributed by atoms with Gasteiger partial charge < -0.3 is 9.64 Å². The van der Waals surface area contributed by atoms with E-state index in [1.54, 1.807) is 49.4 Å². The fourth-order valence-electron chi connectivity index (χ4n) is 2.76. The second-order valence-electron chi connectivity index (χ2n) is 6.79. The van der Waals surface area contributed by atoms with Crippen LogP contribution in [0.15, 0.2) is 59.5 Å². The number of benzene rings is 2. The highest BCUT2D eigenvalue weighted by Gasteiger charge is 2.19. The molecule has 31 heavy (non-hydrogen) atoms. The number of likely N-dealkylation sites (N-methyl/N-ethyl adjacent to an activating group) is 1. The van der Waals surface area contributed by atoms with Crippen molar-refractivity contribution in [3.63, 3.8) is 0 Å². The highest BCUT2D eigenvalue weighted by atomic mass is 35.5. The van der Waals surface area contributed by atoms with Gasteiger partial charge in [-0.3, -0.25) is 14.3 Å². The van der Waals surface area contributed by atoms with Gasteiger partial charge in [0.25, 0.3) is 10.0 Å². The molecule has 0 spiro atoms. The summed E-state index contributed by atoms with van der Waals surface area (Å²) >= 11 is 6.01. The van der Waals surface area contributed by atoms with Gasteiger partial charge in [-0.1, -0.05) is 42.8 Å². The van der Waals surface area contributed by atoms with E-state index in [0.29, 0.717) is 22.8 Å². The van der Waals surface area contributed by atoms with Crippen LogP contribution in [0, 0.1) is 5.92 Å². The Labute approximate surface area is 187 Å². The van der Waals surface area contributed by atoms with Gasteiger partial charge in [-0.15, -0.1) is 0 Å². The lowest BCUT2D eigenvalue weighted by Gasteiger charge is -2.22. The number of halogens is 1. The third-order valence-corrected chi connectivity index (χ3v) is 6.23. The van der Waals surface area contributed by atoms with E-state index in [1.165, 1.54) is 30.2 Å². The molecular formula is C22H25ClN2O5S. The van der Waals surface area contributed by atoms with Crippen LogP contribution in [-0.4, -0.2) is 45.4 Å². The lowest BCUT2D eigenvalue weighted by atomic mass is 10.1. The fraction of sp³-hybridized carbons (Fsp3) is 0.273. The molecule has 2 rings (SSSR count). The number of nitrogens with one attached hydrogen (secondary N) is 1. The second-order valence-corrected chi connectivity index (χ2v) is 8.88. The monoisotopic (exact) mass is 464 g/mol. The van der Waals surface area contributed by atoms with Crippen LogP contribution in [0.5, 0.6) is 0 Å². The fourth-order valence-corrected chi connectivity index (χ4v) is 4.08. The van der Waals surface area contributed by atoms with E-state index in [-0.39, 0.29) is 23.3 Å². The third kappa shape index (κ3) is 6.83. The number of para-hydroxylation sites is 1. The predicted octanol–water partition coefficient (Wildman–Crippen LogP) is 3.81. The summed E-state index contributed by atoms with van der Waals surface area (Å²) in [4.78, 5) is 25.6. The predicted molar refractivity (Wildman–Crippen MR) is 121 cm³/mol. The number of nitrogens with zero attached hydrogens (tertiary/aromatic N) is 1. The molecule has 9 heteroatoms. The lowest BCUT2D eigenvalue weighted by molar-refractivity contribution is -0.146. The number of amides is 1. The Balaban J connectivity index is 2.07. The van der Waals surface area contributed by atoms with Gasteiger partial charge in [0.05, 0.1) is 28.6 Å². The van der Waals surface area contributed by atoms with Crippen LogP contribution in [0.4, 0.5) is 5.69 Å². The Kier molecular flexibility index (Phi) is 8.65. The summed E-state index contributed by atoms with van der Waals surface area (Å²) in [6.07, 6.45) is 2.98. The summed E-state index contributed by atoms with van der Waals surface area (Å²) in [5, 5.41) is 0.297. The largest absolute Gasteiger partial charge is 0.469 e. The number of anilines is 1. The van der Waals surface area contributed by atoms with Crippen LogP contribution < -0.4 is 4.72 Å². The first-order valence-corrected chi connectivity index (χ1v) is 11.5. The van der Waals surface area contributed by atoms with Gasteiger partial charge in [-0.05, 0) is 42.8 Å². The number of hydrogen-bond acceptors (Lipinski definition) is 5. The van der Waals surface area contributed by atoms with Gasteiger partial charge in [-0.2, -0.15) is 0 Å². The molecule has 0 aliphatic carbocycles. The van der Waals surface area contributed by atoms with Crippen molar-refractivity contribution in [3.8, 4) is 0 Å². The molecule has 0 aromatic heterocycles. The van der Waals surface area contributed by atoms with Gasteiger partial charge in [0, 0.05) is 19.2 Å². The van der Waals surface area contributed by atoms with E-state index in [0.717, 1.165) is 0 Å². The topological polar surface area (TPSA) is 92.8 Å². The summed E-state index contributed by atoms with van der Waals surface area (Å²) in [6, 6.07) is 12.6. The minimum Gasteiger partial charge on any atom is -0.469 e. The first-order chi connectivity index (χ1) is 14.7. The van der Waals surface area contributed by atoms with Crippen LogP contribution in [0.3, 0.4) is 0 Å². The summed E-state index contributed by atoms with van der Waals surface area (Å²) < 4.78 is 32.3. The number of esters is 1. The molecule has 166 valence electrons. The molecule has 0 heterocycles. The number of rotatable bonds is 9. The Morgan fingerprint density at radius 1 is 1.16 bits per heavy atom. The average Bonchev–Trinajstić information content (AvgIpc) is 2.76. The number of methoxy groups -OCH3 is 1. The zero-order valence-electron chi connectivity index (χ0n) is 17.5. The molecule has 2 aromatic rings. The standard InChI is InChI=1S/C22H25ClN2O5S/c1-4-25(15-16(2)22(27)30-3)21(26)14-11-17-9-12-18(13-10-17)31(28,29)24-20-8-6-5-7-19(20)23/h5-14,16,24H,4,15H2,1-3H3/b14-11+. The quantitative estimate of drug-likeness (QED) is 0.450. The van der Waals surface area contributed by atoms with E-state index in [9.17, 15) is 18.0 Å². The van der Waals surface area contributed by atoms with E-state index in [1.807, 2.05) is 6.92 Å². The summed E-state index contributed by atoms with van der Waals surface area (Å²) in [5.74, 6) is -1.06. The maximum Gasteiger partial charge on any atom is 0.310 e. The molecule has 0 fully saturated rings. The van der Waals surface area contributed by atoms with Crippen molar-refractivity contribution >= 4 is 45.3 Å². The van der Waals surface area contributed by atoms with Crippen LogP contribution in [-0.2, 0) is 24.3 Å². The maximum absolute atomic E-state index is 12.6. The molecule has 0 aliphatic rings. The molecule has 2 aromatic carbocycles. The zero-order valence-corrected chi connectivity index (χ0v) is 19.1. The molecular weight excluding hydrogens is 440 g/mol. The average molecular weight is 465 g/mol. The Bertz CT molecular complexity index is 1050. The summed E-state index contributed by atoms with van der Waals surface area (Å²) in [6.45, 7) is 4.20. The normalized spacial score (nSPS) is 12.4. The van der Waals surface area contributed by atoms with Crippen LogP contribution in [0.25, 0.3) is 6.08 Å². The number of carbonyl (C=O) groups is 2. The minimum atomic E-state index is -3.80. The second kappa shape index (κ2) is 11.0. The van der Waals surface area contributed by atoms with Crippen molar-refractivity contribution in [1.29, 1.82) is 0 Å². The van der Waals surface area contributed by atoms with Gasteiger partial charge in [-0.25, -0.2) is 8.42 Å². The number of sulfonamides is 1. The maximum atomic E-state index is 12.6. The molecule has 0 saturated heterocycles. The zero-order chi connectivity index (χ0) is 23.0. The Hall–Kier alpha value is -2.84. The van der Waals surface area contributed by atoms with Gasteiger partial charge >= 0.3 is 5.97 Å². The molecule has 7 nitrogen and oxygen atoms in total. The van der Waals surface area contributed by atoms with Crippen molar-refractivity contribution in [1.82, 2.24) is 4.90 Å². The van der Waals surface area contributed by atoms with Crippen LogP contribution in [0.2, 0.25) is 5.02 Å². The van der Waals surface area contributed by atoms with Crippen molar-refractivity contribution in [2.75, 3.05) is 24.9 Å². The van der Waals surface area contributed by atoms with Crippen molar-refractivity contribution in [2.45, 2.75) is 18.7 Å². The first-order valence-electron chi connectivity index (χ1n) is 9.60. The smallest absolute Gasteiger partial charge is 0.310 e. The molecule has 1 unspecified atom stereocenters. The third-order valence-electron chi connectivity index (χ3n) is 4.52. The summed E-state index contributed by atoms with van der Waals surface area (Å²) in [5.41, 5.74) is 0.946. The number of carbonyl (C=O) groups excluding carboxylic acids is 2. The van der Waals surface area contributed by atoms with Crippen molar-refractivity contribution < 1.29 is 22.7 Å². The summed E-state index contributed by atoms with van der Waals surface area (Å²) in [7, 11) is -2.49. The van der Waals surface area contributed by atoms with Crippen molar-refractivity contribution in [3.05, 3.63) is 65.2 Å². The van der Waals surface area contributed by atoms with E-state index < -0.39 is 15.9 Å². The van der Waals surface area contributed by atoms with Gasteiger partial charge in [0.2, 0.25) is 5.91 Å². The lowest BCUT2D eigenvalue weighted by Crippen LogP contribution is -2.36. The molecule has 0 saturated carbocycles. The van der Waals surface area contributed by atoms with Crippen LogP contribution >= 0.6 is 11.6 Å². The SMILES string of the molecule is CCN(CC(C)C(=O)OC)C(=O)/C=C/c1ccc(S(=O)(=O)Nc2ccccc2Cl)cc1. The highest BCUT2D eigenvalue weighted by molar-refractivity contribution is 7.92. The molecule has 1 N–H and O–H groups in total. The highest BCUT2D eigenvalue weighted by Crippen LogP contribution is 2.24. The first kappa shape index (κ1) is 24.4. The molecule has 0 radical (unpaired) electrons. The van der Waals surface area contributed by atoms with E-state index in [2.05, 4.69) is 4.72 Å². The van der Waals surface area contributed by atoms with Gasteiger partial charge in [0.1, 0.15) is 0 Å². The van der Waals surface area contributed by atoms with Crippen LogP contribution in [0.1, 0.15) is 19.4 Å². The minimum absolute atomic E-state index is 0.0676. The molecule has 0 aliphatic heterocycles. The Morgan fingerprint density at radius 3 is 2.39 bits per heavy atom.